The van der Waals surface area contributed by atoms with Gasteiger partial charge in [-0.3, -0.25) is 0 Å². The molecule has 13 heavy (non-hydrogen) atoms. The van der Waals surface area contributed by atoms with E-state index in [2.05, 4.69) is 36.4 Å². The summed E-state index contributed by atoms with van der Waals surface area (Å²) in [6.45, 7) is 6.84. The Bertz CT molecular complexity index is 251. The molecule has 0 N–H and O–H groups in total. The maximum absolute atomic E-state index is 5.56. The molecule has 2 heteroatoms. The van der Waals surface area contributed by atoms with Crippen LogP contribution in [-0.2, 0) is 0 Å². The Balaban J connectivity index is 2.56. The van der Waals surface area contributed by atoms with Gasteiger partial charge in [0, 0.05) is 3.57 Å². The van der Waals surface area contributed by atoms with Gasteiger partial charge in [0.05, 0.1) is 6.61 Å². The fourth-order valence-corrected chi connectivity index (χ4v) is 1.75. The first-order chi connectivity index (χ1) is 6.22. The lowest BCUT2D eigenvalue weighted by atomic mass is 10.2. The summed E-state index contributed by atoms with van der Waals surface area (Å²) in [5.74, 6) is 0.936. The zero-order valence-electron chi connectivity index (χ0n) is 7.85. The van der Waals surface area contributed by atoms with Gasteiger partial charge in [-0.15, -0.1) is 0 Å². The zero-order valence-corrected chi connectivity index (χ0v) is 10.0. The van der Waals surface area contributed by atoms with Crippen molar-refractivity contribution in [3.05, 3.63) is 34.3 Å². The third-order valence-corrected chi connectivity index (χ3v) is 2.32. The average Bonchev–Trinajstić information content (AvgIpc) is 2.03. The van der Waals surface area contributed by atoms with Crippen LogP contribution >= 0.6 is 22.6 Å². The molecule has 0 spiro atoms. The Kier molecular flexibility index (Phi) is 4.56. The second-order valence-electron chi connectivity index (χ2n) is 3.00. The summed E-state index contributed by atoms with van der Waals surface area (Å²) in [5.41, 5.74) is 1.01. The van der Waals surface area contributed by atoms with Crippen LogP contribution in [0.15, 0.2) is 18.2 Å². The Morgan fingerprint density at radius 3 is 2.77 bits per heavy atom. The summed E-state index contributed by atoms with van der Waals surface area (Å²) < 4.78 is 6.74. The number of benzene rings is 1. The van der Waals surface area contributed by atoms with Crippen LogP contribution in [0.5, 0.6) is 5.75 Å². The fraction of sp³-hybridized carbons (Fsp3) is 0.364. The van der Waals surface area contributed by atoms with Crippen molar-refractivity contribution in [2.45, 2.75) is 19.8 Å². The predicted molar refractivity (Wildman–Crippen MR) is 64.0 cm³/mol. The molecule has 0 fully saturated rings. The van der Waals surface area contributed by atoms with Crippen LogP contribution in [0.2, 0.25) is 0 Å². The SMILES string of the molecule is [CH2]c1cc(I)cc(OCCCC)c1. The molecule has 0 amide bonds. The lowest BCUT2D eigenvalue weighted by Gasteiger charge is -2.06. The second-order valence-corrected chi connectivity index (χ2v) is 4.24. The van der Waals surface area contributed by atoms with Crippen molar-refractivity contribution >= 4 is 22.6 Å². The normalized spacial score (nSPS) is 10.1. The van der Waals surface area contributed by atoms with Crippen molar-refractivity contribution in [3.63, 3.8) is 0 Å². The van der Waals surface area contributed by atoms with Gasteiger partial charge >= 0.3 is 0 Å². The van der Waals surface area contributed by atoms with E-state index in [1.165, 1.54) is 9.99 Å². The van der Waals surface area contributed by atoms with E-state index in [0.29, 0.717) is 0 Å². The number of rotatable bonds is 4. The molecule has 0 saturated carbocycles. The standard InChI is InChI=1S/C11H14IO/c1-3-4-5-13-11-7-9(2)6-10(12)8-11/h6-8H,2-5H2,1H3. The number of hydrogen-bond acceptors (Lipinski definition) is 1. The van der Waals surface area contributed by atoms with Crippen molar-refractivity contribution in [3.8, 4) is 5.75 Å². The van der Waals surface area contributed by atoms with E-state index in [1.807, 2.05) is 18.2 Å². The lowest BCUT2D eigenvalue weighted by molar-refractivity contribution is 0.309. The summed E-state index contributed by atoms with van der Waals surface area (Å²) in [7, 11) is 0. The average molecular weight is 289 g/mol. The monoisotopic (exact) mass is 289 g/mol. The van der Waals surface area contributed by atoms with E-state index in [4.69, 9.17) is 4.74 Å². The van der Waals surface area contributed by atoms with Crippen LogP contribution in [0.1, 0.15) is 25.3 Å². The van der Waals surface area contributed by atoms with Crippen molar-refractivity contribution in [1.82, 2.24) is 0 Å². The fourth-order valence-electron chi connectivity index (χ4n) is 1.04. The number of unbranched alkanes of at least 4 members (excludes halogenated alkanes) is 1. The minimum atomic E-state index is 0.802. The van der Waals surface area contributed by atoms with Crippen LogP contribution in [0.25, 0.3) is 0 Å². The molecule has 0 saturated heterocycles. The van der Waals surface area contributed by atoms with Gasteiger partial charge in [0.25, 0.3) is 0 Å². The van der Waals surface area contributed by atoms with Crippen LogP contribution < -0.4 is 4.74 Å². The van der Waals surface area contributed by atoms with E-state index >= 15 is 0 Å². The maximum Gasteiger partial charge on any atom is 0.120 e. The topological polar surface area (TPSA) is 9.23 Å². The minimum Gasteiger partial charge on any atom is -0.494 e. The molecule has 0 aliphatic carbocycles. The lowest BCUT2D eigenvalue weighted by Crippen LogP contribution is -1.96. The van der Waals surface area contributed by atoms with Crippen molar-refractivity contribution in [2.24, 2.45) is 0 Å². The first kappa shape index (κ1) is 10.8. The van der Waals surface area contributed by atoms with E-state index in [9.17, 15) is 0 Å². The highest BCUT2D eigenvalue weighted by molar-refractivity contribution is 14.1. The van der Waals surface area contributed by atoms with Gasteiger partial charge in [0.15, 0.2) is 0 Å². The highest BCUT2D eigenvalue weighted by atomic mass is 127. The van der Waals surface area contributed by atoms with Crippen LogP contribution in [0, 0.1) is 10.5 Å². The first-order valence-electron chi connectivity index (χ1n) is 4.47. The van der Waals surface area contributed by atoms with Gasteiger partial charge in [-0.25, -0.2) is 0 Å². The molecule has 0 unspecified atom stereocenters. The van der Waals surface area contributed by atoms with Gasteiger partial charge in [0.2, 0.25) is 0 Å². The number of hydrogen-bond donors (Lipinski definition) is 0. The Hall–Kier alpha value is -0.250. The maximum atomic E-state index is 5.56. The molecule has 1 aromatic carbocycles. The molecule has 0 heterocycles. The summed E-state index contributed by atoms with van der Waals surface area (Å²) >= 11 is 2.27. The smallest absolute Gasteiger partial charge is 0.120 e. The first-order valence-corrected chi connectivity index (χ1v) is 5.55. The molecule has 1 radical (unpaired) electrons. The molecule has 0 aliphatic heterocycles. The van der Waals surface area contributed by atoms with E-state index in [-0.39, 0.29) is 0 Å². The van der Waals surface area contributed by atoms with Crippen molar-refractivity contribution < 1.29 is 4.74 Å². The van der Waals surface area contributed by atoms with Crippen LogP contribution in [0.4, 0.5) is 0 Å². The highest BCUT2D eigenvalue weighted by Gasteiger charge is 1.96. The molecule has 0 aliphatic rings. The third kappa shape index (κ3) is 3.98. The Morgan fingerprint density at radius 2 is 2.15 bits per heavy atom. The number of ether oxygens (including phenoxy) is 1. The molecule has 1 rings (SSSR count). The summed E-state index contributed by atoms with van der Waals surface area (Å²) in [4.78, 5) is 0. The second kappa shape index (κ2) is 5.47. The molecule has 0 bridgehead atoms. The van der Waals surface area contributed by atoms with Gasteiger partial charge in [-0.2, -0.15) is 0 Å². The summed E-state index contributed by atoms with van der Waals surface area (Å²) in [6, 6.07) is 6.04. The third-order valence-electron chi connectivity index (χ3n) is 1.70. The van der Waals surface area contributed by atoms with Gasteiger partial charge in [-0.1, -0.05) is 13.3 Å². The molecule has 0 atom stereocenters. The predicted octanol–water partition coefficient (Wildman–Crippen LogP) is 3.65. The number of halogens is 1. The largest absolute Gasteiger partial charge is 0.494 e. The van der Waals surface area contributed by atoms with E-state index in [1.54, 1.807) is 0 Å². The molecule has 1 aromatic rings. The van der Waals surface area contributed by atoms with E-state index < -0.39 is 0 Å². The summed E-state index contributed by atoms with van der Waals surface area (Å²) in [6.07, 6.45) is 2.28. The summed E-state index contributed by atoms with van der Waals surface area (Å²) in [5, 5.41) is 0. The van der Waals surface area contributed by atoms with E-state index in [0.717, 1.165) is 24.3 Å². The molecular formula is C11H14IO. The Labute approximate surface area is 93.6 Å². The quantitative estimate of drug-likeness (QED) is 0.607. The van der Waals surface area contributed by atoms with Gasteiger partial charge in [-0.05, 0) is 59.7 Å². The van der Waals surface area contributed by atoms with Gasteiger partial charge < -0.3 is 4.74 Å². The van der Waals surface area contributed by atoms with Crippen LogP contribution in [-0.4, -0.2) is 6.61 Å². The molecule has 1 nitrogen and oxygen atoms in total. The van der Waals surface area contributed by atoms with Gasteiger partial charge in [0.1, 0.15) is 5.75 Å². The zero-order chi connectivity index (χ0) is 9.68. The van der Waals surface area contributed by atoms with Crippen molar-refractivity contribution in [1.29, 1.82) is 0 Å². The minimum absolute atomic E-state index is 0.802. The molecule has 0 aromatic heterocycles. The highest BCUT2D eigenvalue weighted by Crippen LogP contribution is 2.18. The molecule has 71 valence electrons. The molecular weight excluding hydrogens is 275 g/mol. The van der Waals surface area contributed by atoms with Crippen LogP contribution in [0.3, 0.4) is 0 Å². The Morgan fingerprint density at radius 1 is 1.38 bits per heavy atom. The van der Waals surface area contributed by atoms with Crippen molar-refractivity contribution in [2.75, 3.05) is 6.61 Å².